The van der Waals surface area contributed by atoms with E-state index in [2.05, 4.69) is 15.1 Å². The van der Waals surface area contributed by atoms with Gasteiger partial charge in [-0.2, -0.15) is 18.2 Å². The van der Waals surface area contributed by atoms with Crippen molar-refractivity contribution >= 4 is 23.1 Å². The number of carboxylic acid groups (broad SMARTS) is 1. The van der Waals surface area contributed by atoms with E-state index in [0.29, 0.717) is 16.9 Å². The van der Waals surface area contributed by atoms with Crippen molar-refractivity contribution in [2.45, 2.75) is 38.3 Å². The van der Waals surface area contributed by atoms with E-state index >= 15 is 0 Å². The Morgan fingerprint density at radius 1 is 1.23 bits per heavy atom. The molecule has 0 bridgehead atoms. The molecule has 11 heteroatoms. The van der Waals surface area contributed by atoms with E-state index in [9.17, 15) is 27.9 Å². The molecule has 0 amide bonds. The van der Waals surface area contributed by atoms with Crippen molar-refractivity contribution in [2.24, 2.45) is 0 Å². The second-order valence-corrected chi connectivity index (χ2v) is 7.92. The first-order valence-corrected chi connectivity index (χ1v) is 9.83. The van der Waals surface area contributed by atoms with E-state index < -0.39 is 23.8 Å². The molecule has 3 heterocycles. The van der Waals surface area contributed by atoms with Gasteiger partial charge in [0.05, 0.1) is 11.1 Å². The molecule has 1 aliphatic carbocycles. The Morgan fingerprint density at radius 2 is 2.00 bits per heavy atom. The molecule has 3 aromatic heterocycles. The number of aromatic carboxylic acids is 1. The summed E-state index contributed by atoms with van der Waals surface area (Å²) < 4.78 is 43.7. The van der Waals surface area contributed by atoms with E-state index in [0.717, 1.165) is 29.7 Å². The number of aromatic nitrogens is 3. The number of fused-ring (bicyclic) bond motifs is 1. The Bertz CT molecular complexity index is 1140. The number of Topliss-reactive ketones (excluding diaryl/α,β-unsaturated/α-hetero) is 1. The average Bonchev–Trinajstić information content (AvgIpc) is 3.32. The lowest BCUT2D eigenvalue weighted by atomic mass is 9.93. The monoisotopic (exact) mass is 437 g/mol. The summed E-state index contributed by atoms with van der Waals surface area (Å²) in [6, 6.07) is 2.68. The van der Waals surface area contributed by atoms with Gasteiger partial charge in [0.15, 0.2) is 5.78 Å². The highest BCUT2D eigenvalue weighted by Crippen LogP contribution is 2.41. The van der Waals surface area contributed by atoms with Crippen LogP contribution in [0.5, 0.6) is 0 Å². The first-order chi connectivity index (χ1) is 14.3. The fourth-order valence-corrected chi connectivity index (χ4v) is 4.85. The van der Waals surface area contributed by atoms with Crippen LogP contribution in [-0.2, 0) is 25.4 Å². The lowest BCUT2D eigenvalue weighted by molar-refractivity contribution is -0.146. The van der Waals surface area contributed by atoms with Crippen molar-refractivity contribution in [2.75, 3.05) is 0 Å². The Balaban J connectivity index is 1.76. The molecule has 7 nitrogen and oxygen atoms in total. The predicted octanol–water partition coefficient (Wildman–Crippen LogP) is 4.21. The zero-order valence-electron chi connectivity index (χ0n) is 15.3. The third-order valence-electron chi connectivity index (χ3n) is 4.76. The maximum absolute atomic E-state index is 12.9. The molecule has 0 spiro atoms. The smallest absolute Gasteiger partial charge is 0.455 e. The van der Waals surface area contributed by atoms with E-state index in [1.807, 2.05) is 0 Å². The first kappa shape index (κ1) is 20.2. The van der Waals surface area contributed by atoms with Gasteiger partial charge in [0.25, 0.3) is 11.7 Å². The van der Waals surface area contributed by atoms with Crippen molar-refractivity contribution in [3.05, 3.63) is 50.7 Å². The van der Waals surface area contributed by atoms with Gasteiger partial charge in [0.1, 0.15) is 5.69 Å². The minimum Gasteiger partial charge on any atom is -0.478 e. The number of thiophene rings is 1. The van der Waals surface area contributed by atoms with Crippen LogP contribution < -0.4 is 0 Å². The van der Waals surface area contributed by atoms with Crippen LogP contribution in [-0.4, -0.2) is 32.0 Å². The fraction of sp³-hybridized carbons (Fsp3) is 0.316. The molecule has 4 rings (SSSR count). The lowest BCUT2D eigenvalue weighted by Gasteiger charge is -2.11. The molecule has 0 unspecified atom stereocenters. The molecule has 0 fully saturated rings. The Hall–Kier alpha value is -3.08. The van der Waals surface area contributed by atoms with Crippen molar-refractivity contribution in [3.8, 4) is 11.5 Å². The molecule has 3 aromatic rings. The number of carbonyl (C=O) groups is 2. The summed E-state index contributed by atoms with van der Waals surface area (Å²) >= 11 is 1.31. The third-order valence-corrected chi connectivity index (χ3v) is 6.05. The maximum atomic E-state index is 12.9. The molecule has 0 saturated heterocycles. The molecule has 0 aliphatic heterocycles. The van der Waals surface area contributed by atoms with Gasteiger partial charge in [-0.25, -0.2) is 4.79 Å². The number of aryl methyl sites for hydroxylation is 1. The van der Waals surface area contributed by atoms with E-state index in [4.69, 9.17) is 4.52 Å². The normalized spacial score (nSPS) is 13.8. The molecular weight excluding hydrogens is 423 g/mol. The summed E-state index contributed by atoms with van der Waals surface area (Å²) in [6.45, 7) is 0. The highest BCUT2D eigenvalue weighted by molar-refractivity contribution is 7.12. The molecule has 156 valence electrons. The van der Waals surface area contributed by atoms with Gasteiger partial charge >= 0.3 is 12.1 Å². The minimum atomic E-state index is -4.75. The molecule has 1 aliphatic rings. The summed E-state index contributed by atoms with van der Waals surface area (Å²) in [4.78, 5) is 33.0. The zero-order chi connectivity index (χ0) is 21.5. The Labute approximate surface area is 171 Å². The van der Waals surface area contributed by atoms with Crippen LogP contribution >= 0.6 is 11.3 Å². The number of hydrogen-bond acceptors (Lipinski definition) is 7. The minimum absolute atomic E-state index is 0.205. The van der Waals surface area contributed by atoms with E-state index in [-0.39, 0.29) is 23.6 Å². The molecule has 1 N–H and O–H groups in total. The zero-order valence-corrected chi connectivity index (χ0v) is 16.1. The quantitative estimate of drug-likeness (QED) is 0.596. The van der Waals surface area contributed by atoms with Crippen molar-refractivity contribution < 1.29 is 32.4 Å². The molecular formula is C19H14F3N3O4S. The first-order valence-electron chi connectivity index (χ1n) is 9.02. The molecule has 0 saturated carbocycles. The largest absolute Gasteiger partial charge is 0.478 e. The van der Waals surface area contributed by atoms with Crippen LogP contribution in [0.25, 0.3) is 11.5 Å². The van der Waals surface area contributed by atoms with Crippen LogP contribution in [0.3, 0.4) is 0 Å². The number of halogens is 3. The molecule has 0 radical (unpaired) electrons. The number of alkyl halides is 3. The second kappa shape index (κ2) is 7.63. The van der Waals surface area contributed by atoms with Crippen LogP contribution in [0, 0.1) is 0 Å². The summed E-state index contributed by atoms with van der Waals surface area (Å²) in [5.41, 5.74) is 0.719. The van der Waals surface area contributed by atoms with Crippen LogP contribution in [0.2, 0.25) is 0 Å². The highest BCUT2D eigenvalue weighted by atomic mass is 32.1. The topological polar surface area (TPSA) is 106 Å². The van der Waals surface area contributed by atoms with Gasteiger partial charge in [-0.1, -0.05) is 5.16 Å². The van der Waals surface area contributed by atoms with E-state index in [1.54, 1.807) is 0 Å². The fourth-order valence-electron chi connectivity index (χ4n) is 3.47. The van der Waals surface area contributed by atoms with Crippen LogP contribution in [0.4, 0.5) is 13.2 Å². The summed E-state index contributed by atoms with van der Waals surface area (Å²) in [5.74, 6) is -3.51. The summed E-state index contributed by atoms with van der Waals surface area (Å²) in [5, 5.41) is 12.3. The van der Waals surface area contributed by atoms with Gasteiger partial charge in [0, 0.05) is 22.4 Å². The summed E-state index contributed by atoms with van der Waals surface area (Å²) in [6.07, 6.45) is -0.510. The van der Waals surface area contributed by atoms with Crippen molar-refractivity contribution in [1.29, 1.82) is 0 Å². The molecule has 0 atom stereocenters. The standard InChI is InChI=1S/C19H14F3N3O4S/c20-19(21,22)18-24-16(29-25-18)14-9-4-1-2-6-12(9)30-13(14)8-11(26)15-10(17(27)28)5-3-7-23-15/h3,5,7H,1-2,4,6,8H2,(H,27,28). The number of pyridine rings is 1. The number of hydrogen-bond donors (Lipinski definition) is 1. The van der Waals surface area contributed by atoms with Gasteiger partial charge in [-0.05, 0) is 43.4 Å². The number of carbonyl (C=O) groups excluding carboxylic acids is 1. The van der Waals surface area contributed by atoms with Gasteiger partial charge in [0.2, 0.25) is 0 Å². The SMILES string of the molecule is O=C(O)c1cccnc1C(=O)Cc1sc2c(c1-c1nc(C(F)(F)F)no1)CCCC2. The number of carboxylic acids is 1. The van der Waals surface area contributed by atoms with Gasteiger partial charge < -0.3 is 9.63 Å². The number of nitrogens with zero attached hydrogens (tertiary/aromatic N) is 3. The third kappa shape index (κ3) is 3.72. The van der Waals surface area contributed by atoms with E-state index in [1.165, 1.54) is 29.7 Å². The highest BCUT2D eigenvalue weighted by Gasteiger charge is 2.38. The molecule has 0 aromatic carbocycles. The predicted molar refractivity (Wildman–Crippen MR) is 98.5 cm³/mol. The summed E-state index contributed by atoms with van der Waals surface area (Å²) in [7, 11) is 0. The second-order valence-electron chi connectivity index (χ2n) is 6.73. The molecule has 30 heavy (non-hydrogen) atoms. The van der Waals surface area contributed by atoms with Gasteiger partial charge in [-0.3, -0.25) is 9.78 Å². The van der Waals surface area contributed by atoms with Crippen molar-refractivity contribution in [3.63, 3.8) is 0 Å². The van der Waals surface area contributed by atoms with Gasteiger partial charge in [-0.15, -0.1) is 11.3 Å². The average molecular weight is 437 g/mol. The maximum Gasteiger partial charge on any atom is 0.455 e. The lowest BCUT2D eigenvalue weighted by Crippen LogP contribution is -2.13. The Kier molecular flexibility index (Phi) is 5.14. The Morgan fingerprint density at radius 3 is 2.70 bits per heavy atom. The van der Waals surface area contributed by atoms with Crippen LogP contribution in [0.15, 0.2) is 22.9 Å². The van der Waals surface area contributed by atoms with Crippen molar-refractivity contribution in [1.82, 2.24) is 15.1 Å². The van der Waals surface area contributed by atoms with Crippen LogP contribution in [0.1, 0.15) is 54.8 Å². The number of ketones is 1. The number of rotatable bonds is 5.